The number of nitriles is 1. The summed E-state index contributed by atoms with van der Waals surface area (Å²) in [5.41, 5.74) is 0.479. The Morgan fingerprint density at radius 1 is 1.18 bits per heavy atom. The molecule has 88 valence electrons. The molecule has 0 unspecified atom stereocenters. The molecule has 0 amide bonds. The van der Waals surface area contributed by atoms with Gasteiger partial charge in [-0.2, -0.15) is 5.26 Å². The first kappa shape index (κ1) is 13.1. The van der Waals surface area contributed by atoms with E-state index in [9.17, 15) is 9.59 Å². The van der Waals surface area contributed by atoms with Gasteiger partial charge in [-0.25, -0.2) is 0 Å². The summed E-state index contributed by atoms with van der Waals surface area (Å²) < 4.78 is 0. The van der Waals surface area contributed by atoms with Crippen LogP contribution in [0.2, 0.25) is 0 Å². The van der Waals surface area contributed by atoms with Crippen LogP contribution < -0.4 is 0 Å². The van der Waals surface area contributed by atoms with E-state index in [1.165, 1.54) is 0 Å². The van der Waals surface area contributed by atoms with Gasteiger partial charge in [0.2, 0.25) is 0 Å². The molecule has 0 radical (unpaired) electrons. The fourth-order valence-corrected chi connectivity index (χ4v) is 1.24. The SMILES string of the molecule is CC(C)(C)C(=O)CC(=O)c1ccc(C#N)cc1. The monoisotopic (exact) mass is 229 g/mol. The lowest BCUT2D eigenvalue weighted by molar-refractivity contribution is -0.125. The maximum Gasteiger partial charge on any atom is 0.170 e. The van der Waals surface area contributed by atoms with Crippen LogP contribution >= 0.6 is 0 Å². The molecule has 0 aliphatic carbocycles. The molecular weight excluding hydrogens is 214 g/mol. The van der Waals surface area contributed by atoms with Gasteiger partial charge in [-0.05, 0) is 12.1 Å². The van der Waals surface area contributed by atoms with Gasteiger partial charge in [-0.1, -0.05) is 32.9 Å². The molecule has 1 rings (SSSR count). The van der Waals surface area contributed by atoms with Gasteiger partial charge in [-0.15, -0.1) is 0 Å². The van der Waals surface area contributed by atoms with Crippen molar-refractivity contribution < 1.29 is 9.59 Å². The van der Waals surface area contributed by atoms with E-state index in [4.69, 9.17) is 5.26 Å². The molecular formula is C14H15NO2. The summed E-state index contributed by atoms with van der Waals surface area (Å²) in [7, 11) is 0. The average Bonchev–Trinajstić information content (AvgIpc) is 2.27. The Balaban J connectivity index is 2.78. The van der Waals surface area contributed by atoms with Crippen LogP contribution in [-0.4, -0.2) is 11.6 Å². The third-order valence-corrected chi connectivity index (χ3v) is 2.49. The molecule has 0 aliphatic rings. The highest BCUT2D eigenvalue weighted by Gasteiger charge is 2.23. The Kier molecular flexibility index (Phi) is 3.80. The first-order valence-electron chi connectivity index (χ1n) is 5.41. The van der Waals surface area contributed by atoms with Crippen molar-refractivity contribution in [2.45, 2.75) is 27.2 Å². The van der Waals surface area contributed by atoms with Crippen LogP contribution in [0.5, 0.6) is 0 Å². The number of carbonyl (C=O) groups is 2. The van der Waals surface area contributed by atoms with E-state index in [1.54, 1.807) is 45.0 Å². The summed E-state index contributed by atoms with van der Waals surface area (Å²) in [6, 6.07) is 8.30. The number of Topliss-reactive ketones (excluding diaryl/α,β-unsaturated/α-hetero) is 2. The highest BCUT2D eigenvalue weighted by atomic mass is 16.1. The molecule has 1 aromatic carbocycles. The molecule has 0 atom stereocenters. The summed E-state index contributed by atoms with van der Waals surface area (Å²) in [4.78, 5) is 23.5. The van der Waals surface area contributed by atoms with Crippen molar-refractivity contribution in [1.29, 1.82) is 5.26 Å². The van der Waals surface area contributed by atoms with Crippen molar-refractivity contribution >= 4 is 11.6 Å². The molecule has 0 heterocycles. The molecule has 1 aromatic rings. The number of carbonyl (C=O) groups excluding carboxylic acids is 2. The lowest BCUT2D eigenvalue weighted by atomic mass is 9.87. The normalized spacial score (nSPS) is 10.7. The molecule has 0 saturated carbocycles. The van der Waals surface area contributed by atoms with Gasteiger partial charge in [0.15, 0.2) is 5.78 Å². The van der Waals surface area contributed by atoms with E-state index in [0.717, 1.165) is 0 Å². The molecule has 3 heteroatoms. The molecule has 17 heavy (non-hydrogen) atoms. The van der Waals surface area contributed by atoms with Crippen molar-refractivity contribution in [3.05, 3.63) is 35.4 Å². The van der Waals surface area contributed by atoms with E-state index >= 15 is 0 Å². The molecule has 0 aromatic heterocycles. The summed E-state index contributed by atoms with van der Waals surface area (Å²) in [5, 5.41) is 8.63. The minimum Gasteiger partial charge on any atom is -0.299 e. The first-order valence-corrected chi connectivity index (χ1v) is 5.41. The fraction of sp³-hybridized carbons (Fsp3) is 0.357. The van der Waals surface area contributed by atoms with E-state index in [0.29, 0.717) is 11.1 Å². The smallest absolute Gasteiger partial charge is 0.170 e. The zero-order valence-electron chi connectivity index (χ0n) is 10.3. The second-order valence-electron chi connectivity index (χ2n) is 4.96. The van der Waals surface area contributed by atoms with E-state index in [-0.39, 0.29) is 18.0 Å². The predicted octanol–water partition coefficient (Wildman–Crippen LogP) is 2.75. The van der Waals surface area contributed by atoms with Crippen LogP contribution in [0.4, 0.5) is 0 Å². The number of hydrogen-bond donors (Lipinski definition) is 0. The number of rotatable bonds is 3. The fourth-order valence-electron chi connectivity index (χ4n) is 1.24. The van der Waals surface area contributed by atoms with Crippen molar-refractivity contribution in [1.82, 2.24) is 0 Å². The van der Waals surface area contributed by atoms with Crippen molar-refractivity contribution in [3.63, 3.8) is 0 Å². The Hall–Kier alpha value is -1.95. The van der Waals surface area contributed by atoms with Gasteiger partial charge >= 0.3 is 0 Å². The molecule has 0 fully saturated rings. The lowest BCUT2D eigenvalue weighted by Gasteiger charge is -2.15. The van der Waals surface area contributed by atoms with Crippen molar-refractivity contribution in [2.24, 2.45) is 5.41 Å². The van der Waals surface area contributed by atoms with E-state index in [2.05, 4.69) is 0 Å². The Morgan fingerprint density at radius 3 is 2.12 bits per heavy atom. The van der Waals surface area contributed by atoms with Gasteiger partial charge in [0.05, 0.1) is 18.1 Å². The highest BCUT2D eigenvalue weighted by Crippen LogP contribution is 2.18. The summed E-state index contributed by atoms with van der Waals surface area (Å²) >= 11 is 0. The van der Waals surface area contributed by atoms with E-state index in [1.807, 2.05) is 6.07 Å². The van der Waals surface area contributed by atoms with Crippen molar-refractivity contribution in [3.8, 4) is 6.07 Å². The second-order valence-corrected chi connectivity index (χ2v) is 4.96. The van der Waals surface area contributed by atoms with Gasteiger partial charge in [0.1, 0.15) is 5.78 Å². The van der Waals surface area contributed by atoms with Crippen LogP contribution in [0.1, 0.15) is 43.1 Å². The quantitative estimate of drug-likeness (QED) is 0.591. The van der Waals surface area contributed by atoms with E-state index < -0.39 is 5.41 Å². The number of benzene rings is 1. The molecule has 0 saturated heterocycles. The third-order valence-electron chi connectivity index (χ3n) is 2.49. The Bertz CT molecular complexity index is 472. The molecule has 0 spiro atoms. The number of ketones is 2. The minimum absolute atomic E-state index is 0.0770. The Labute approximate surface area is 101 Å². The summed E-state index contributed by atoms with van der Waals surface area (Å²) in [6.07, 6.45) is -0.0879. The van der Waals surface area contributed by atoms with Crippen molar-refractivity contribution in [2.75, 3.05) is 0 Å². The van der Waals surface area contributed by atoms with Crippen LogP contribution in [0.3, 0.4) is 0 Å². The van der Waals surface area contributed by atoms with Crippen LogP contribution in [-0.2, 0) is 4.79 Å². The lowest BCUT2D eigenvalue weighted by Crippen LogP contribution is -2.23. The number of hydrogen-bond acceptors (Lipinski definition) is 3. The molecule has 0 aliphatic heterocycles. The average molecular weight is 229 g/mol. The Morgan fingerprint density at radius 2 is 1.71 bits per heavy atom. The second kappa shape index (κ2) is 4.92. The van der Waals surface area contributed by atoms with Crippen LogP contribution in [0, 0.1) is 16.7 Å². The standard InChI is InChI=1S/C14H15NO2/c1-14(2,3)13(17)8-12(16)11-6-4-10(9-15)5-7-11/h4-7H,8H2,1-3H3. The van der Waals surface area contributed by atoms with Crippen LogP contribution in [0.25, 0.3) is 0 Å². The predicted molar refractivity (Wildman–Crippen MR) is 64.6 cm³/mol. The zero-order valence-corrected chi connectivity index (χ0v) is 10.3. The topological polar surface area (TPSA) is 57.9 Å². The number of nitrogens with zero attached hydrogens (tertiary/aromatic N) is 1. The van der Waals surface area contributed by atoms with Gasteiger partial charge in [0, 0.05) is 11.0 Å². The summed E-state index contributed by atoms with van der Waals surface area (Å²) in [5.74, 6) is -0.277. The van der Waals surface area contributed by atoms with Gasteiger partial charge in [-0.3, -0.25) is 9.59 Å². The molecule has 0 bridgehead atoms. The largest absolute Gasteiger partial charge is 0.299 e. The highest BCUT2D eigenvalue weighted by molar-refractivity contribution is 6.09. The third kappa shape index (κ3) is 3.53. The molecule has 3 nitrogen and oxygen atoms in total. The maximum absolute atomic E-state index is 11.8. The van der Waals surface area contributed by atoms with Gasteiger partial charge in [0.25, 0.3) is 0 Å². The van der Waals surface area contributed by atoms with Crippen LogP contribution in [0.15, 0.2) is 24.3 Å². The zero-order chi connectivity index (χ0) is 13.1. The minimum atomic E-state index is -0.498. The first-order chi connectivity index (χ1) is 7.84. The summed E-state index contributed by atoms with van der Waals surface area (Å²) in [6.45, 7) is 5.38. The molecule has 0 N–H and O–H groups in total. The maximum atomic E-state index is 11.8. The van der Waals surface area contributed by atoms with Gasteiger partial charge < -0.3 is 0 Å².